The van der Waals surface area contributed by atoms with Crippen LogP contribution in [0.2, 0.25) is 5.02 Å². The Hall–Kier alpha value is -2.35. The molecule has 0 fully saturated rings. The molecule has 4 rings (SSSR count). The number of aryl methyl sites for hydroxylation is 1. The molecule has 140 valence electrons. The number of carbonyl (C=O) groups excluding carboxylic acids is 1. The van der Waals surface area contributed by atoms with E-state index in [1.54, 1.807) is 6.07 Å². The molecule has 6 nitrogen and oxygen atoms in total. The van der Waals surface area contributed by atoms with Gasteiger partial charge in [0.15, 0.2) is 11.9 Å². The first-order chi connectivity index (χ1) is 13.2. The van der Waals surface area contributed by atoms with Crippen LogP contribution >= 0.6 is 22.9 Å². The molecule has 0 spiro atoms. The molecular weight excluding hydrogens is 386 g/mol. The summed E-state index contributed by atoms with van der Waals surface area (Å²) in [5, 5.41) is 4.31. The first-order valence-electron chi connectivity index (χ1n) is 8.58. The molecule has 2 aromatic heterocycles. The third-order valence-corrected chi connectivity index (χ3v) is 5.67. The maximum absolute atomic E-state index is 12.8. The van der Waals surface area contributed by atoms with Crippen LogP contribution in [0.25, 0.3) is 5.13 Å². The minimum Gasteiger partial charge on any atom is -0.467 e. The fraction of sp³-hybridized carbons (Fsp3) is 0.263. The van der Waals surface area contributed by atoms with Gasteiger partial charge in [-0.15, -0.1) is 11.3 Å². The number of amides is 1. The van der Waals surface area contributed by atoms with Gasteiger partial charge in [0.05, 0.1) is 6.61 Å². The summed E-state index contributed by atoms with van der Waals surface area (Å²) in [6, 6.07) is 7.48. The SMILES string of the molecule is CCc1sc(-n2cccc2)nc1C(=O)NCc1cc(Cl)cc2c1OCOC2. The number of halogens is 1. The minimum absolute atomic E-state index is 0.196. The zero-order chi connectivity index (χ0) is 18.8. The zero-order valence-electron chi connectivity index (χ0n) is 14.7. The Morgan fingerprint density at radius 2 is 2.19 bits per heavy atom. The van der Waals surface area contributed by atoms with Crippen LogP contribution in [0.4, 0.5) is 0 Å². The van der Waals surface area contributed by atoms with E-state index >= 15 is 0 Å². The first kappa shape index (κ1) is 18.0. The number of hydrogen-bond donors (Lipinski definition) is 1. The monoisotopic (exact) mass is 403 g/mol. The summed E-state index contributed by atoms with van der Waals surface area (Å²) in [4.78, 5) is 18.2. The van der Waals surface area contributed by atoms with Crippen LogP contribution in [-0.2, 0) is 24.3 Å². The molecule has 0 saturated carbocycles. The van der Waals surface area contributed by atoms with Crippen molar-refractivity contribution in [1.29, 1.82) is 0 Å². The van der Waals surface area contributed by atoms with E-state index in [1.807, 2.05) is 42.1 Å². The van der Waals surface area contributed by atoms with Crippen LogP contribution in [0.1, 0.15) is 33.4 Å². The number of aromatic nitrogens is 2. The Bertz CT molecular complexity index is 969. The smallest absolute Gasteiger partial charge is 0.271 e. The normalized spacial score (nSPS) is 13.1. The van der Waals surface area contributed by atoms with Gasteiger partial charge in [-0.2, -0.15) is 0 Å². The first-order valence-corrected chi connectivity index (χ1v) is 9.78. The number of ether oxygens (including phenoxy) is 2. The maximum atomic E-state index is 12.8. The molecule has 1 N–H and O–H groups in total. The van der Waals surface area contributed by atoms with Crippen molar-refractivity contribution in [1.82, 2.24) is 14.9 Å². The van der Waals surface area contributed by atoms with Gasteiger partial charge in [-0.1, -0.05) is 18.5 Å². The molecule has 0 atom stereocenters. The average molecular weight is 404 g/mol. The predicted octanol–water partition coefficient (Wildman–Crippen LogP) is 3.95. The molecule has 0 aliphatic carbocycles. The second kappa shape index (κ2) is 7.72. The molecule has 1 aromatic carbocycles. The van der Waals surface area contributed by atoms with Gasteiger partial charge in [-0.05, 0) is 30.7 Å². The number of fused-ring (bicyclic) bond motifs is 1. The molecule has 27 heavy (non-hydrogen) atoms. The van der Waals surface area contributed by atoms with Crippen molar-refractivity contribution < 1.29 is 14.3 Å². The molecule has 1 amide bonds. The number of nitrogens with zero attached hydrogens (tertiary/aromatic N) is 2. The predicted molar refractivity (Wildman–Crippen MR) is 104 cm³/mol. The van der Waals surface area contributed by atoms with Crippen molar-refractivity contribution in [3.8, 4) is 10.9 Å². The highest BCUT2D eigenvalue weighted by Gasteiger charge is 2.20. The summed E-state index contributed by atoms with van der Waals surface area (Å²) in [6.45, 7) is 2.97. The molecule has 8 heteroatoms. The van der Waals surface area contributed by atoms with Crippen molar-refractivity contribution in [3.63, 3.8) is 0 Å². The average Bonchev–Trinajstić information content (AvgIpc) is 3.34. The molecular formula is C19H18ClN3O3S. The summed E-state index contributed by atoms with van der Waals surface area (Å²) < 4.78 is 12.8. The number of benzene rings is 1. The van der Waals surface area contributed by atoms with Crippen molar-refractivity contribution in [2.24, 2.45) is 0 Å². The fourth-order valence-electron chi connectivity index (χ4n) is 2.98. The highest BCUT2D eigenvalue weighted by atomic mass is 35.5. The quantitative estimate of drug-likeness (QED) is 0.700. The van der Waals surface area contributed by atoms with Crippen LogP contribution in [-0.4, -0.2) is 22.3 Å². The molecule has 3 heterocycles. The van der Waals surface area contributed by atoms with E-state index in [9.17, 15) is 4.79 Å². The van der Waals surface area contributed by atoms with Crippen molar-refractivity contribution in [2.75, 3.05) is 6.79 Å². The Labute approximate surface area is 165 Å². The van der Waals surface area contributed by atoms with Crippen LogP contribution in [0, 0.1) is 0 Å². The van der Waals surface area contributed by atoms with Gasteiger partial charge >= 0.3 is 0 Å². The minimum atomic E-state index is -0.206. The second-order valence-electron chi connectivity index (χ2n) is 6.06. The lowest BCUT2D eigenvalue weighted by Crippen LogP contribution is -2.25. The number of carbonyl (C=O) groups is 1. The van der Waals surface area contributed by atoms with E-state index in [-0.39, 0.29) is 12.7 Å². The third kappa shape index (κ3) is 3.71. The largest absolute Gasteiger partial charge is 0.467 e. The van der Waals surface area contributed by atoms with E-state index in [0.717, 1.165) is 33.3 Å². The summed E-state index contributed by atoms with van der Waals surface area (Å²) in [5.74, 6) is 0.523. The van der Waals surface area contributed by atoms with Crippen LogP contribution in [0.15, 0.2) is 36.7 Å². The Morgan fingerprint density at radius 1 is 1.37 bits per heavy atom. The summed E-state index contributed by atoms with van der Waals surface area (Å²) >= 11 is 7.71. The van der Waals surface area contributed by atoms with Gasteiger partial charge in [0, 0.05) is 40.0 Å². The lowest BCUT2D eigenvalue weighted by atomic mass is 10.1. The van der Waals surface area contributed by atoms with E-state index in [0.29, 0.717) is 23.9 Å². The maximum Gasteiger partial charge on any atom is 0.271 e. The van der Waals surface area contributed by atoms with Gasteiger partial charge in [-0.3, -0.25) is 4.79 Å². The highest BCUT2D eigenvalue weighted by molar-refractivity contribution is 7.14. The Morgan fingerprint density at radius 3 is 2.96 bits per heavy atom. The van der Waals surface area contributed by atoms with Gasteiger partial charge in [0.25, 0.3) is 5.91 Å². The van der Waals surface area contributed by atoms with E-state index in [1.165, 1.54) is 11.3 Å². The van der Waals surface area contributed by atoms with E-state index in [2.05, 4.69) is 10.3 Å². The zero-order valence-corrected chi connectivity index (χ0v) is 16.3. The van der Waals surface area contributed by atoms with Gasteiger partial charge in [0.1, 0.15) is 11.4 Å². The van der Waals surface area contributed by atoms with Gasteiger partial charge in [0.2, 0.25) is 0 Å². The lowest BCUT2D eigenvalue weighted by Gasteiger charge is -2.21. The standard InChI is InChI=1S/C19H18ClN3O3S/c1-2-15-16(22-19(27-15)23-5-3-4-6-23)18(24)21-9-12-7-14(20)8-13-10-25-11-26-17(12)13/h3-8H,2,9-11H2,1H3,(H,21,24). The summed E-state index contributed by atoms with van der Waals surface area (Å²) in [7, 11) is 0. The number of thiazole rings is 1. The Kier molecular flexibility index (Phi) is 5.15. The van der Waals surface area contributed by atoms with Gasteiger partial charge in [-0.25, -0.2) is 4.98 Å². The third-order valence-electron chi connectivity index (χ3n) is 4.24. The number of hydrogen-bond acceptors (Lipinski definition) is 5. The fourth-order valence-corrected chi connectivity index (χ4v) is 4.20. The molecule has 1 aliphatic rings. The van der Waals surface area contributed by atoms with Crippen molar-refractivity contribution in [3.05, 3.63) is 63.4 Å². The molecule has 0 bridgehead atoms. The van der Waals surface area contributed by atoms with Gasteiger partial charge < -0.3 is 19.4 Å². The highest BCUT2D eigenvalue weighted by Crippen LogP contribution is 2.31. The molecule has 0 radical (unpaired) electrons. The molecule has 0 unspecified atom stereocenters. The number of rotatable bonds is 5. The van der Waals surface area contributed by atoms with Crippen molar-refractivity contribution >= 4 is 28.8 Å². The van der Waals surface area contributed by atoms with Crippen molar-refractivity contribution in [2.45, 2.75) is 26.5 Å². The summed E-state index contributed by atoms with van der Waals surface area (Å²) in [6.07, 6.45) is 4.57. The molecule has 3 aromatic rings. The van der Waals surface area contributed by atoms with E-state index < -0.39 is 0 Å². The molecule has 0 saturated heterocycles. The van der Waals surface area contributed by atoms with Crippen LogP contribution < -0.4 is 10.1 Å². The molecule has 1 aliphatic heterocycles. The van der Waals surface area contributed by atoms with Crippen LogP contribution in [0.5, 0.6) is 5.75 Å². The van der Waals surface area contributed by atoms with Crippen LogP contribution in [0.3, 0.4) is 0 Å². The number of nitrogens with one attached hydrogen (secondary N) is 1. The lowest BCUT2D eigenvalue weighted by molar-refractivity contribution is -0.0170. The topological polar surface area (TPSA) is 65.4 Å². The summed E-state index contributed by atoms with van der Waals surface area (Å²) in [5.41, 5.74) is 2.18. The second-order valence-corrected chi connectivity index (χ2v) is 7.56. The van der Waals surface area contributed by atoms with E-state index in [4.69, 9.17) is 21.1 Å². The Balaban J connectivity index is 1.54.